The van der Waals surface area contributed by atoms with Crippen molar-refractivity contribution in [3.63, 3.8) is 0 Å². The molecule has 0 amide bonds. The molecule has 23 heavy (non-hydrogen) atoms. The standard InChI is InChI=1S/C17H14N4O2/c1-19-16(22)18-15-20(11-12-7-3-2-4-8-12)13-9-5-6-10-14(13)21(15)17(19)23/h2-10H,11H2,1H3. The van der Waals surface area contributed by atoms with Gasteiger partial charge in [0.05, 0.1) is 17.6 Å². The highest BCUT2D eigenvalue weighted by Gasteiger charge is 2.15. The second-order valence-electron chi connectivity index (χ2n) is 5.43. The van der Waals surface area contributed by atoms with Crippen LogP contribution in [0, 0.1) is 0 Å². The van der Waals surface area contributed by atoms with Crippen molar-refractivity contribution in [3.05, 3.63) is 81.1 Å². The molecule has 4 aromatic rings. The molecule has 0 aliphatic heterocycles. The van der Waals surface area contributed by atoms with E-state index in [4.69, 9.17) is 0 Å². The molecule has 6 heteroatoms. The minimum Gasteiger partial charge on any atom is -0.305 e. The third-order valence-corrected chi connectivity index (χ3v) is 4.00. The van der Waals surface area contributed by atoms with Gasteiger partial charge in [-0.15, -0.1) is 0 Å². The van der Waals surface area contributed by atoms with Crippen LogP contribution >= 0.6 is 0 Å². The number of hydrogen-bond acceptors (Lipinski definition) is 3. The fourth-order valence-corrected chi connectivity index (χ4v) is 2.83. The van der Waals surface area contributed by atoms with Gasteiger partial charge in [0, 0.05) is 7.05 Å². The Hall–Kier alpha value is -3.15. The monoisotopic (exact) mass is 306 g/mol. The van der Waals surface area contributed by atoms with Crippen molar-refractivity contribution < 1.29 is 0 Å². The first-order valence-corrected chi connectivity index (χ1v) is 7.28. The van der Waals surface area contributed by atoms with E-state index in [1.807, 2.05) is 59.2 Å². The molecule has 2 heterocycles. The molecule has 114 valence electrons. The molecule has 0 spiro atoms. The van der Waals surface area contributed by atoms with Crippen LogP contribution in [-0.2, 0) is 13.6 Å². The summed E-state index contributed by atoms with van der Waals surface area (Å²) in [6.07, 6.45) is 0. The number of para-hydroxylation sites is 2. The Balaban J connectivity index is 2.13. The number of aromatic nitrogens is 4. The molecule has 0 N–H and O–H groups in total. The summed E-state index contributed by atoms with van der Waals surface area (Å²) in [5.74, 6) is 0.364. The molecule has 2 aromatic heterocycles. The lowest BCUT2D eigenvalue weighted by Gasteiger charge is -2.06. The third-order valence-electron chi connectivity index (χ3n) is 4.00. The second kappa shape index (κ2) is 4.95. The van der Waals surface area contributed by atoms with Crippen LogP contribution in [0.2, 0.25) is 0 Å². The molecular weight excluding hydrogens is 292 g/mol. The van der Waals surface area contributed by atoms with Gasteiger partial charge in [-0.3, -0.25) is 0 Å². The highest BCUT2D eigenvalue weighted by Crippen LogP contribution is 2.19. The molecule has 0 aliphatic carbocycles. The predicted octanol–water partition coefficient (Wildman–Crippen LogP) is 1.40. The summed E-state index contributed by atoms with van der Waals surface area (Å²) >= 11 is 0. The van der Waals surface area contributed by atoms with E-state index in [-0.39, 0.29) is 5.69 Å². The largest absolute Gasteiger partial charge is 0.354 e. The zero-order valence-corrected chi connectivity index (χ0v) is 12.5. The van der Waals surface area contributed by atoms with Crippen LogP contribution in [0.1, 0.15) is 5.56 Å². The number of benzene rings is 2. The number of imidazole rings is 1. The number of nitrogens with zero attached hydrogens (tertiary/aromatic N) is 4. The Morgan fingerprint density at radius 2 is 1.57 bits per heavy atom. The van der Waals surface area contributed by atoms with E-state index in [1.54, 1.807) is 0 Å². The van der Waals surface area contributed by atoms with Crippen LogP contribution in [0.15, 0.2) is 64.2 Å². The van der Waals surface area contributed by atoms with E-state index in [1.165, 1.54) is 11.4 Å². The van der Waals surface area contributed by atoms with Gasteiger partial charge in [-0.1, -0.05) is 42.5 Å². The van der Waals surface area contributed by atoms with Crippen LogP contribution in [0.3, 0.4) is 0 Å². The second-order valence-corrected chi connectivity index (χ2v) is 5.43. The fourth-order valence-electron chi connectivity index (χ4n) is 2.83. The normalized spacial score (nSPS) is 11.3. The molecule has 0 aliphatic rings. The van der Waals surface area contributed by atoms with Crippen molar-refractivity contribution in [2.45, 2.75) is 6.54 Å². The summed E-state index contributed by atoms with van der Waals surface area (Å²) in [7, 11) is 1.44. The maximum absolute atomic E-state index is 12.5. The summed E-state index contributed by atoms with van der Waals surface area (Å²) in [6, 6.07) is 17.4. The zero-order valence-electron chi connectivity index (χ0n) is 12.5. The molecule has 0 fully saturated rings. The molecule has 0 bridgehead atoms. The fraction of sp³-hybridized carbons (Fsp3) is 0.118. The predicted molar refractivity (Wildman–Crippen MR) is 87.7 cm³/mol. The summed E-state index contributed by atoms with van der Waals surface area (Å²) in [4.78, 5) is 28.6. The van der Waals surface area contributed by atoms with Gasteiger partial charge >= 0.3 is 11.4 Å². The molecule has 0 saturated carbocycles. The average molecular weight is 306 g/mol. The van der Waals surface area contributed by atoms with Crippen molar-refractivity contribution in [2.75, 3.05) is 0 Å². The lowest BCUT2D eigenvalue weighted by Crippen LogP contribution is -2.37. The molecule has 4 rings (SSSR count). The molecule has 2 aromatic carbocycles. The van der Waals surface area contributed by atoms with Crippen molar-refractivity contribution in [1.82, 2.24) is 18.5 Å². The SMILES string of the molecule is Cn1c(=O)nc2n(Cc3ccccc3)c3ccccc3n2c1=O. The van der Waals surface area contributed by atoms with Gasteiger partial charge in [0.25, 0.3) is 0 Å². The smallest absolute Gasteiger partial charge is 0.305 e. The number of hydrogen-bond donors (Lipinski definition) is 0. The zero-order chi connectivity index (χ0) is 16.0. The Labute approximate surface area is 130 Å². The van der Waals surface area contributed by atoms with Gasteiger partial charge in [-0.05, 0) is 17.7 Å². The Morgan fingerprint density at radius 3 is 2.30 bits per heavy atom. The molecule has 0 atom stereocenters. The van der Waals surface area contributed by atoms with Crippen LogP contribution in [0.4, 0.5) is 0 Å². The van der Waals surface area contributed by atoms with Gasteiger partial charge in [0.2, 0.25) is 5.78 Å². The van der Waals surface area contributed by atoms with E-state index >= 15 is 0 Å². The Kier molecular flexibility index (Phi) is 2.90. The van der Waals surface area contributed by atoms with Gasteiger partial charge in [0.1, 0.15) is 0 Å². The minimum absolute atomic E-state index is 0.364. The van der Waals surface area contributed by atoms with Crippen molar-refractivity contribution in [1.29, 1.82) is 0 Å². The lowest BCUT2D eigenvalue weighted by molar-refractivity contribution is 0.707. The average Bonchev–Trinajstić information content (AvgIpc) is 2.88. The van der Waals surface area contributed by atoms with Crippen LogP contribution in [-0.4, -0.2) is 18.5 Å². The summed E-state index contributed by atoms with van der Waals surface area (Å²) in [6.45, 7) is 0.539. The first-order valence-electron chi connectivity index (χ1n) is 7.28. The van der Waals surface area contributed by atoms with Gasteiger partial charge in [-0.2, -0.15) is 4.98 Å². The molecule has 0 radical (unpaired) electrons. The van der Waals surface area contributed by atoms with Crippen molar-refractivity contribution in [3.8, 4) is 0 Å². The maximum Gasteiger partial charge on any atom is 0.354 e. The number of rotatable bonds is 2. The van der Waals surface area contributed by atoms with Gasteiger partial charge in [-0.25, -0.2) is 18.6 Å². The summed E-state index contributed by atoms with van der Waals surface area (Å²) in [5.41, 5.74) is 1.75. The van der Waals surface area contributed by atoms with Gasteiger partial charge in [0.15, 0.2) is 0 Å². The molecule has 0 saturated heterocycles. The molecule has 6 nitrogen and oxygen atoms in total. The van der Waals surface area contributed by atoms with Crippen LogP contribution in [0.25, 0.3) is 16.8 Å². The first kappa shape index (κ1) is 13.5. The highest BCUT2D eigenvalue weighted by molar-refractivity contribution is 5.80. The van der Waals surface area contributed by atoms with E-state index in [0.29, 0.717) is 12.3 Å². The van der Waals surface area contributed by atoms with E-state index < -0.39 is 5.69 Å². The van der Waals surface area contributed by atoms with Gasteiger partial charge < -0.3 is 4.57 Å². The Morgan fingerprint density at radius 1 is 0.913 bits per heavy atom. The van der Waals surface area contributed by atoms with Crippen molar-refractivity contribution in [2.24, 2.45) is 7.05 Å². The van der Waals surface area contributed by atoms with Crippen LogP contribution in [0.5, 0.6) is 0 Å². The maximum atomic E-state index is 12.5. The topological polar surface area (TPSA) is 61.3 Å². The van der Waals surface area contributed by atoms with E-state index in [2.05, 4.69) is 4.98 Å². The van der Waals surface area contributed by atoms with Crippen molar-refractivity contribution >= 4 is 16.8 Å². The lowest BCUT2D eigenvalue weighted by atomic mass is 10.2. The molecule has 0 unspecified atom stereocenters. The Bertz CT molecular complexity index is 1140. The molecular formula is C17H14N4O2. The summed E-state index contributed by atoms with van der Waals surface area (Å²) in [5, 5.41) is 0. The first-order chi connectivity index (χ1) is 11.2. The van der Waals surface area contributed by atoms with E-state index in [0.717, 1.165) is 21.2 Å². The quantitative estimate of drug-likeness (QED) is 0.562. The number of fused-ring (bicyclic) bond motifs is 3. The third kappa shape index (κ3) is 1.99. The summed E-state index contributed by atoms with van der Waals surface area (Å²) < 4.78 is 4.40. The van der Waals surface area contributed by atoms with Crippen LogP contribution < -0.4 is 11.4 Å². The minimum atomic E-state index is -0.549. The van der Waals surface area contributed by atoms with E-state index in [9.17, 15) is 9.59 Å². The highest BCUT2D eigenvalue weighted by atomic mass is 16.2.